The van der Waals surface area contributed by atoms with E-state index in [1.165, 1.54) is 24.3 Å². The first-order valence-electron chi connectivity index (χ1n) is 9.21. The summed E-state index contributed by atoms with van der Waals surface area (Å²) in [4.78, 5) is 38.5. The van der Waals surface area contributed by atoms with Crippen LogP contribution in [-0.2, 0) is 16.0 Å². The minimum atomic E-state index is -0.491. The van der Waals surface area contributed by atoms with Crippen LogP contribution < -0.4 is 10.2 Å². The molecule has 8 nitrogen and oxygen atoms in total. The van der Waals surface area contributed by atoms with E-state index in [0.717, 1.165) is 5.69 Å². The van der Waals surface area contributed by atoms with E-state index in [0.29, 0.717) is 36.8 Å². The molecule has 3 rings (SSSR count). The molecule has 0 aromatic heterocycles. The second-order valence-corrected chi connectivity index (χ2v) is 7.16. The van der Waals surface area contributed by atoms with Gasteiger partial charge in [0.05, 0.1) is 17.9 Å². The third-order valence-corrected chi connectivity index (χ3v) is 4.99. The normalized spacial score (nSPS) is 13.8. The summed E-state index contributed by atoms with van der Waals surface area (Å²) in [6.07, 6.45) is 0.0633. The number of anilines is 1. The molecule has 0 bridgehead atoms. The standard InChI is InChI=1S/C20H21ClN4O4/c21-16-2-1-3-18(13-16)23-8-10-24(11-9-23)20(27)14-22-19(26)12-15-4-6-17(7-5-15)25(28)29/h1-7,13H,8-12,14H2,(H,22,26). The number of carbonyl (C=O) groups excluding carboxylic acids is 2. The highest BCUT2D eigenvalue weighted by Crippen LogP contribution is 2.20. The number of halogens is 1. The molecule has 0 unspecified atom stereocenters. The van der Waals surface area contributed by atoms with Crippen molar-refractivity contribution in [1.29, 1.82) is 0 Å². The Hall–Kier alpha value is -3.13. The molecule has 0 radical (unpaired) electrons. The van der Waals surface area contributed by atoms with E-state index >= 15 is 0 Å². The first-order chi connectivity index (χ1) is 13.9. The summed E-state index contributed by atoms with van der Waals surface area (Å²) in [6.45, 7) is 2.47. The first-order valence-corrected chi connectivity index (χ1v) is 9.58. The number of rotatable bonds is 6. The number of amides is 2. The number of nitro benzene ring substituents is 1. The van der Waals surface area contributed by atoms with Gasteiger partial charge in [0.2, 0.25) is 11.8 Å². The maximum absolute atomic E-state index is 12.4. The Balaban J connectivity index is 1.42. The van der Waals surface area contributed by atoms with Gasteiger partial charge in [-0.05, 0) is 23.8 Å². The van der Waals surface area contributed by atoms with Gasteiger partial charge >= 0.3 is 0 Å². The molecule has 2 aromatic rings. The van der Waals surface area contributed by atoms with E-state index in [1.807, 2.05) is 24.3 Å². The molecule has 29 heavy (non-hydrogen) atoms. The van der Waals surface area contributed by atoms with Crippen LogP contribution in [0.3, 0.4) is 0 Å². The Labute approximate surface area is 173 Å². The molecular weight excluding hydrogens is 396 g/mol. The predicted molar refractivity (Wildman–Crippen MR) is 110 cm³/mol. The Morgan fingerprint density at radius 2 is 1.76 bits per heavy atom. The van der Waals surface area contributed by atoms with Crippen LogP contribution in [-0.4, -0.2) is 54.4 Å². The van der Waals surface area contributed by atoms with E-state index in [9.17, 15) is 19.7 Å². The van der Waals surface area contributed by atoms with Crippen molar-refractivity contribution in [2.24, 2.45) is 0 Å². The molecule has 0 spiro atoms. The summed E-state index contributed by atoms with van der Waals surface area (Å²) in [5, 5.41) is 14.0. The van der Waals surface area contributed by atoms with E-state index in [2.05, 4.69) is 10.2 Å². The van der Waals surface area contributed by atoms with Gasteiger partial charge in [0.15, 0.2) is 0 Å². The van der Waals surface area contributed by atoms with E-state index in [1.54, 1.807) is 4.90 Å². The van der Waals surface area contributed by atoms with Gasteiger partial charge in [-0.3, -0.25) is 19.7 Å². The fourth-order valence-electron chi connectivity index (χ4n) is 3.16. The lowest BCUT2D eigenvalue weighted by Gasteiger charge is -2.36. The fourth-order valence-corrected chi connectivity index (χ4v) is 3.34. The SMILES string of the molecule is O=C(Cc1ccc([N+](=O)[O-])cc1)NCC(=O)N1CCN(c2cccc(Cl)c2)CC1. The van der Waals surface area contributed by atoms with Crippen LogP contribution in [0.25, 0.3) is 0 Å². The zero-order chi connectivity index (χ0) is 20.8. The van der Waals surface area contributed by atoms with Crippen molar-refractivity contribution in [1.82, 2.24) is 10.2 Å². The quantitative estimate of drug-likeness (QED) is 0.575. The predicted octanol–water partition coefficient (Wildman–Crippen LogP) is 2.26. The first kappa shape index (κ1) is 20.6. The molecule has 1 saturated heterocycles. The minimum Gasteiger partial charge on any atom is -0.368 e. The maximum Gasteiger partial charge on any atom is 0.269 e. The largest absolute Gasteiger partial charge is 0.368 e. The molecule has 1 aliphatic rings. The van der Waals surface area contributed by atoms with Crippen LogP contribution in [0, 0.1) is 10.1 Å². The third kappa shape index (κ3) is 5.68. The monoisotopic (exact) mass is 416 g/mol. The summed E-state index contributed by atoms with van der Waals surface area (Å²) in [5.74, 6) is -0.433. The average molecular weight is 417 g/mol. The Bertz CT molecular complexity index is 896. The molecule has 0 aliphatic carbocycles. The van der Waals surface area contributed by atoms with Crippen molar-refractivity contribution in [3.05, 3.63) is 69.2 Å². The molecule has 1 fully saturated rings. The fraction of sp³-hybridized carbons (Fsp3) is 0.300. The van der Waals surface area contributed by atoms with Crippen molar-refractivity contribution >= 4 is 34.8 Å². The topological polar surface area (TPSA) is 95.8 Å². The highest BCUT2D eigenvalue weighted by Gasteiger charge is 2.21. The number of nitro groups is 1. The Morgan fingerprint density at radius 1 is 1.07 bits per heavy atom. The number of nitrogens with one attached hydrogen (secondary N) is 1. The highest BCUT2D eigenvalue weighted by molar-refractivity contribution is 6.30. The summed E-state index contributed by atoms with van der Waals surface area (Å²) in [6, 6.07) is 13.4. The zero-order valence-electron chi connectivity index (χ0n) is 15.7. The molecule has 2 aromatic carbocycles. The van der Waals surface area contributed by atoms with Gasteiger partial charge in [-0.15, -0.1) is 0 Å². The van der Waals surface area contributed by atoms with Gasteiger partial charge in [0.25, 0.3) is 5.69 Å². The highest BCUT2D eigenvalue weighted by atomic mass is 35.5. The number of carbonyl (C=O) groups is 2. The van der Waals surface area contributed by atoms with Crippen molar-refractivity contribution in [2.75, 3.05) is 37.6 Å². The number of benzene rings is 2. The Morgan fingerprint density at radius 3 is 2.38 bits per heavy atom. The van der Waals surface area contributed by atoms with Crippen LogP contribution in [0.2, 0.25) is 5.02 Å². The average Bonchev–Trinajstić information content (AvgIpc) is 2.72. The van der Waals surface area contributed by atoms with E-state index in [-0.39, 0.29) is 30.5 Å². The van der Waals surface area contributed by atoms with Gasteiger partial charge in [-0.2, -0.15) is 0 Å². The van der Waals surface area contributed by atoms with Crippen LogP contribution in [0.4, 0.5) is 11.4 Å². The van der Waals surface area contributed by atoms with Gasteiger partial charge in [-0.1, -0.05) is 29.8 Å². The molecule has 9 heteroatoms. The van der Waals surface area contributed by atoms with E-state index in [4.69, 9.17) is 11.6 Å². The molecular formula is C20H21ClN4O4. The van der Waals surface area contributed by atoms with Crippen molar-refractivity contribution in [3.8, 4) is 0 Å². The molecule has 1 N–H and O–H groups in total. The lowest BCUT2D eigenvalue weighted by Crippen LogP contribution is -2.51. The lowest BCUT2D eigenvalue weighted by atomic mass is 10.1. The van der Waals surface area contributed by atoms with Crippen LogP contribution in [0.15, 0.2) is 48.5 Å². The number of piperazine rings is 1. The number of nitrogens with zero attached hydrogens (tertiary/aromatic N) is 3. The summed E-state index contributed by atoms with van der Waals surface area (Å²) >= 11 is 6.03. The molecule has 0 atom stereocenters. The number of hydrogen-bond acceptors (Lipinski definition) is 5. The van der Waals surface area contributed by atoms with Crippen molar-refractivity contribution < 1.29 is 14.5 Å². The van der Waals surface area contributed by atoms with Crippen molar-refractivity contribution in [2.45, 2.75) is 6.42 Å². The number of non-ortho nitro benzene ring substituents is 1. The van der Waals surface area contributed by atoms with Crippen LogP contribution >= 0.6 is 11.6 Å². The molecule has 1 heterocycles. The molecule has 1 aliphatic heterocycles. The zero-order valence-corrected chi connectivity index (χ0v) is 16.5. The van der Waals surface area contributed by atoms with Gasteiger partial charge < -0.3 is 15.1 Å². The van der Waals surface area contributed by atoms with Crippen LogP contribution in [0.1, 0.15) is 5.56 Å². The second kappa shape index (κ2) is 9.38. The van der Waals surface area contributed by atoms with Gasteiger partial charge in [-0.25, -0.2) is 0 Å². The maximum atomic E-state index is 12.4. The molecule has 0 saturated carbocycles. The van der Waals surface area contributed by atoms with Crippen molar-refractivity contribution in [3.63, 3.8) is 0 Å². The van der Waals surface area contributed by atoms with Crippen LogP contribution in [0.5, 0.6) is 0 Å². The summed E-state index contributed by atoms with van der Waals surface area (Å²) in [5.41, 5.74) is 1.65. The molecule has 152 valence electrons. The second-order valence-electron chi connectivity index (χ2n) is 6.72. The smallest absolute Gasteiger partial charge is 0.269 e. The van der Waals surface area contributed by atoms with Gasteiger partial charge in [0.1, 0.15) is 0 Å². The van der Waals surface area contributed by atoms with Gasteiger partial charge in [0, 0.05) is 49.0 Å². The Kier molecular flexibility index (Phi) is 6.66. The number of hydrogen-bond donors (Lipinski definition) is 1. The minimum absolute atomic E-state index is 0.0266. The lowest BCUT2D eigenvalue weighted by molar-refractivity contribution is -0.384. The summed E-state index contributed by atoms with van der Waals surface area (Å²) < 4.78 is 0. The molecule has 2 amide bonds. The summed E-state index contributed by atoms with van der Waals surface area (Å²) in [7, 11) is 0. The third-order valence-electron chi connectivity index (χ3n) is 4.75. The van der Waals surface area contributed by atoms with E-state index < -0.39 is 4.92 Å².